The summed E-state index contributed by atoms with van der Waals surface area (Å²) in [4.78, 5) is 2.82. The lowest BCUT2D eigenvalue weighted by atomic mass is 9.93. The van der Waals surface area contributed by atoms with Gasteiger partial charge in [0.05, 0.1) is 0 Å². The van der Waals surface area contributed by atoms with Gasteiger partial charge in [-0.1, -0.05) is 20.3 Å². The fourth-order valence-corrected chi connectivity index (χ4v) is 3.50. The van der Waals surface area contributed by atoms with Gasteiger partial charge < -0.3 is 5.32 Å². The van der Waals surface area contributed by atoms with E-state index in [1.807, 2.05) is 0 Å². The molecule has 1 N–H and O–H groups in total. The van der Waals surface area contributed by atoms with E-state index in [4.69, 9.17) is 0 Å². The van der Waals surface area contributed by atoms with E-state index in [0.29, 0.717) is 0 Å². The van der Waals surface area contributed by atoms with Crippen molar-refractivity contribution >= 4 is 0 Å². The maximum absolute atomic E-state index is 3.67. The highest BCUT2D eigenvalue weighted by Gasteiger charge is 2.36. The molecule has 0 saturated carbocycles. The Morgan fingerprint density at radius 1 is 1.33 bits per heavy atom. The summed E-state index contributed by atoms with van der Waals surface area (Å²) < 4.78 is 0. The molecule has 2 heterocycles. The average molecular weight is 210 g/mol. The Kier molecular flexibility index (Phi) is 4.04. The molecule has 0 aliphatic carbocycles. The van der Waals surface area contributed by atoms with Crippen molar-refractivity contribution in [2.24, 2.45) is 0 Å². The molecule has 0 spiro atoms. The lowest BCUT2D eigenvalue weighted by Gasteiger charge is -2.42. The Morgan fingerprint density at radius 2 is 2.20 bits per heavy atom. The van der Waals surface area contributed by atoms with Gasteiger partial charge in [-0.2, -0.15) is 0 Å². The highest BCUT2D eigenvalue weighted by Crippen LogP contribution is 2.28. The second-order valence-corrected chi connectivity index (χ2v) is 5.15. The van der Waals surface area contributed by atoms with Crippen LogP contribution in [0.2, 0.25) is 0 Å². The van der Waals surface area contributed by atoms with Gasteiger partial charge in [0.1, 0.15) is 0 Å². The molecule has 2 saturated heterocycles. The molecule has 2 aliphatic rings. The maximum Gasteiger partial charge on any atom is 0.0264 e. The number of hydrogen-bond acceptors (Lipinski definition) is 2. The van der Waals surface area contributed by atoms with E-state index in [1.165, 1.54) is 51.6 Å². The Balaban J connectivity index is 1.99. The average Bonchev–Trinajstić information content (AvgIpc) is 2.73. The van der Waals surface area contributed by atoms with Crippen LogP contribution in [0.15, 0.2) is 0 Å². The van der Waals surface area contributed by atoms with Gasteiger partial charge in [-0.3, -0.25) is 4.90 Å². The molecule has 0 aromatic heterocycles. The van der Waals surface area contributed by atoms with Crippen molar-refractivity contribution < 1.29 is 0 Å². The molecular weight excluding hydrogens is 184 g/mol. The van der Waals surface area contributed by atoms with Crippen LogP contribution in [-0.4, -0.2) is 36.1 Å². The number of hydrogen-bond donors (Lipinski definition) is 1. The predicted molar refractivity (Wildman–Crippen MR) is 65.1 cm³/mol. The van der Waals surface area contributed by atoms with Gasteiger partial charge in [0, 0.05) is 18.1 Å². The number of piperidine rings is 1. The molecule has 15 heavy (non-hydrogen) atoms. The zero-order chi connectivity index (χ0) is 10.7. The third kappa shape index (κ3) is 2.36. The summed E-state index contributed by atoms with van der Waals surface area (Å²) in [6.07, 6.45) is 8.24. The van der Waals surface area contributed by atoms with Gasteiger partial charge in [0.15, 0.2) is 0 Å². The van der Waals surface area contributed by atoms with Crippen molar-refractivity contribution in [1.29, 1.82) is 0 Å². The van der Waals surface area contributed by atoms with Gasteiger partial charge in [0.25, 0.3) is 0 Å². The molecule has 0 aromatic carbocycles. The van der Waals surface area contributed by atoms with Crippen LogP contribution in [0.1, 0.15) is 52.4 Å². The normalized spacial score (nSPS) is 34.0. The van der Waals surface area contributed by atoms with Crippen LogP contribution >= 0.6 is 0 Å². The molecule has 0 amide bonds. The summed E-state index contributed by atoms with van der Waals surface area (Å²) in [5.74, 6) is 0. The third-order valence-corrected chi connectivity index (χ3v) is 4.23. The molecule has 0 radical (unpaired) electrons. The molecule has 2 fully saturated rings. The molecule has 2 heteroatoms. The Labute approximate surface area is 94.4 Å². The fraction of sp³-hybridized carbons (Fsp3) is 1.00. The monoisotopic (exact) mass is 210 g/mol. The molecule has 2 aliphatic heterocycles. The summed E-state index contributed by atoms with van der Waals surface area (Å²) in [5.41, 5.74) is 0. The topological polar surface area (TPSA) is 15.3 Å². The number of fused-ring (bicyclic) bond motifs is 1. The van der Waals surface area contributed by atoms with Crippen LogP contribution in [0.5, 0.6) is 0 Å². The molecule has 0 bridgehead atoms. The summed E-state index contributed by atoms with van der Waals surface area (Å²) in [6.45, 7) is 7.26. The van der Waals surface area contributed by atoms with E-state index in [1.54, 1.807) is 0 Å². The first-order valence-corrected chi connectivity index (χ1v) is 6.86. The van der Waals surface area contributed by atoms with Crippen molar-refractivity contribution in [3.63, 3.8) is 0 Å². The summed E-state index contributed by atoms with van der Waals surface area (Å²) in [6, 6.07) is 2.52. The second kappa shape index (κ2) is 5.31. The molecule has 0 aromatic rings. The zero-order valence-corrected chi connectivity index (χ0v) is 10.3. The first-order chi connectivity index (χ1) is 7.36. The van der Waals surface area contributed by atoms with Gasteiger partial charge >= 0.3 is 0 Å². The Morgan fingerprint density at radius 3 is 2.93 bits per heavy atom. The van der Waals surface area contributed by atoms with E-state index >= 15 is 0 Å². The summed E-state index contributed by atoms with van der Waals surface area (Å²) >= 11 is 0. The molecule has 2 unspecified atom stereocenters. The van der Waals surface area contributed by atoms with E-state index < -0.39 is 0 Å². The number of nitrogens with zero attached hydrogens (tertiary/aromatic N) is 1. The van der Waals surface area contributed by atoms with Gasteiger partial charge in [0.2, 0.25) is 0 Å². The van der Waals surface area contributed by atoms with Gasteiger partial charge in [-0.25, -0.2) is 0 Å². The van der Waals surface area contributed by atoms with Crippen molar-refractivity contribution in [2.45, 2.75) is 70.5 Å². The van der Waals surface area contributed by atoms with E-state index in [0.717, 1.165) is 18.1 Å². The second-order valence-electron chi connectivity index (χ2n) is 5.15. The van der Waals surface area contributed by atoms with Crippen LogP contribution in [0.25, 0.3) is 0 Å². The minimum Gasteiger partial charge on any atom is -0.312 e. The SMILES string of the molecule is CCC[C@@H](CC)N1CCCC2NCCC21. The van der Waals surface area contributed by atoms with Crippen LogP contribution in [0.3, 0.4) is 0 Å². The highest BCUT2D eigenvalue weighted by molar-refractivity contribution is 4.96. The summed E-state index contributed by atoms with van der Waals surface area (Å²) in [5, 5.41) is 3.67. The zero-order valence-electron chi connectivity index (χ0n) is 10.3. The molecule has 88 valence electrons. The third-order valence-electron chi connectivity index (χ3n) is 4.23. The van der Waals surface area contributed by atoms with Crippen molar-refractivity contribution in [1.82, 2.24) is 10.2 Å². The van der Waals surface area contributed by atoms with Crippen molar-refractivity contribution in [3.05, 3.63) is 0 Å². The van der Waals surface area contributed by atoms with Crippen LogP contribution in [-0.2, 0) is 0 Å². The molecule has 3 atom stereocenters. The standard InChI is InChI=1S/C13H26N2/c1-3-6-11(4-2)15-10-5-7-12-13(15)8-9-14-12/h11-14H,3-10H2,1-2H3/t11-,12?,13?/m1/s1. The largest absolute Gasteiger partial charge is 0.312 e. The minimum atomic E-state index is 0.810. The van der Waals surface area contributed by atoms with E-state index in [2.05, 4.69) is 24.1 Å². The van der Waals surface area contributed by atoms with Crippen LogP contribution in [0, 0.1) is 0 Å². The lowest BCUT2D eigenvalue weighted by molar-refractivity contribution is 0.0802. The lowest BCUT2D eigenvalue weighted by Crippen LogP contribution is -2.52. The van der Waals surface area contributed by atoms with Gasteiger partial charge in [-0.05, 0) is 45.2 Å². The molecule has 2 rings (SSSR count). The number of rotatable bonds is 4. The molecule has 2 nitrogen and oxygen atoms in total. The first kappa shape index (κ1) is 11.4. The van der Waals surface area contributed by atoms with Crippen molar-refractivity contribution in [3.8, 4) is 0 Å². The Bertz CT molecular complexity index is 193. The van der Waals surface area contributed by atoms with Gasteiger partial charge in [-0.15, -0.1) is 0 Å². The molecular formula is C13H26N2. The smallest absolute Gasteiger partial charge is 0.0264 e. The van der Waals surface area contributed by atoms with Crippen LogP contribution in [0.4, 0.5) is 0 Å². The highest BCUT2D eigenvalue weighted by atomic mass is 15.2. The quantitative estimate of drug-likeness (QED) is 0.766. The van der Waals surface area contributed by atoms with E-state index in [9.17, 15) is 0 Å². The number of likely N-dealkylation sites (tertiary alicyclic amines) is 1. The summed E-state index contributed by atoms with van der Waals surface area (Å²) in [7, 11) is 0. The maximum atomic E-state index is 3.67. The van der Waals surface area contributed by atoms with E-state index in [-0.39, 0.29) is 0 Å². The number of nitrogens with one attached hydrogen (secondary N) is 1. The fourth-order valence-electron chi connectivity index (χ4n) is 3.50. The Hall–Kier alpha value is -0.0800. The van der Waals surface area contributed by atoms with Crippen LogP contribution < -0.4 is 5.32 Å². The predicted octanol–water partition coefficient (Wildman–Crippen LogP) is 2.39. The minimum absolute atomic E-state index is 0.810. The first-order valence-electron chi connectivity index (χ1n) is 6.86. The van der Waals surface area contributed by atoms with Crippen molar-refractivity contribution in [2.75, 3.05) is 13.1 Å².